The predicted molar refractivity (Wildman–Crippen MR) is 70.8 cm³/mol. The van der Waals surface area contributed by atoms with E-state index >= 15 is 0 Å². The lowest BCUT2D eigenvalue weighted by Gasteiger charge is -2.09. The van der Waals surface area contributed by atoms with E-state index in [0.717, 1.165) is 22.5 Å². The van der Waals surface area contributed by atoms with E-state index in [-0.39, 0.29) is 5.78 Å². The highest BCUT2D eigenvalue weighted by Crippen LogP contribution is 2.18. The maximum Gasteiger partial charge on any atom is 0.181 e. The van der Waals surface area contributed by atoms with Crippen LogP contribution in [0.1, 0.15) is 19.4 Å². The highest BCUT2D eigenvalue weighted by atomic mass is 16.1. The molecular formula is C15H15NO. The van der Waals surface area contributed by atoms with Crippen molar-refractivity contribution in [2.45, 2.75) is 20.8 Å². The van der Waals surface area contributed by atoms with Crippen LogP contribution in [0.25, 0.3) is 0 Å². The molecule has 0 saturated heterocycles. The van der Waals surface area contributed by atoms with Gasteiger partial charge < -0.3 is 0 Å². The van der Waals surface area contributed by atoms with E-state index < -0.39 is 0 Å². The van der Waals surface area contributed by atoms with Gasteiger partial charge in [-0.3, -0.25) is 4.79 Å². The maximum atomic E-state index is 11.4. The molecule has 0 amide bonds. The number of aryl methyl sites for hydroxylation is 1. The Kier molecular flexibility index (Phi) is 3.05. The number of hydrogen-bond acceptors (Lipinski definition) is 2. The Balaban J connectivity index is 2.37. The molecular weight excluding hydrogens is 210 g/mol. The van der Waals surface area contributed by atoms with Gasteiger partial charge in [-0.05, 0) is 56.2 Å². The van der Waals surface area contributed by atoms with E-state index in [1.165, 1.54) is 5.56 Å². The summed E-state index contributed by atoms with van der Waals surface area (Å²) >= 11 is 0. The van der Waals surface area contributed by atoms with E-state index in [2.05, 4.69) is 4.99 Å². The normalized spacial score (nSPS) is 18.1. The van der Waals surface area contributed by atoms with Crippen LogP contribution in [0, 0.1) is 6.92 Å². The minimum absolute atomic E-state index is 0.0744. The summed E-state index contributed by atoms with van der Waals surface area (Å²) < 4.78 is 0. The lowest BCUT2D eigenvalue weighted by atomic mass is 9.98. The number of carbonyl (C=O) groups excluding carboxylic acids is 1. The number of hydrogen-bond donors (Lipinski definition) is 0. The van der Waals surface area contributed by atoms with Crippen molar-refractivity contribution in [3.05, 3.63) is 53.1 Å². The SMILES string of the molecule is CC1=C/C(=N/c2ccc(C)cc2)C(C)=CC1=O. The Hall–Kier alpha value is -1.96. The first-order chi connectivity index (χ1) is 8.06. The molecule has 86 valence electrons. The molecule has 0 spiro atoms. The smallest absolute Gasteiger partial charge is 0.181 e. The van der Waals surface area contributed by atoms with Crippen LogP contribution in [-0.4, -0.2) is 11.5 Å². The minimum atomic E-state index is 0.0744. The summed E-state index contributed by atoms with van der Waals surface area (Å²) in [6, 6.07) is 8.02. The Bertz CT molecular complexity index is 545. The van der Waals surface area contributed by atoms with E-state index in [1.54, 1.807) is 6.08 Å². The molecule has 0 aliphatic heterocycles. The van der Waals surface area contributed by atoms with Gasteiger partial charge in [-0.1, -0.05) is 17.7 Å². The number of nitrogens with zero attached hydrogens (tertiary/aromatic N) is 1. The molecule has 0 fully saturated rings. The fraction of sp³-hybridized carbons (Fsp3) is 0.200. The lowest BCUT2D eigenvalue weighted by Crippen LogP contribution is -2.09. The van der Waals surface area contributed by atoms with Crippen molar-refractivity contribution >= 4 is 17.2 Å². The van der Waals surface area contributed by atoms with E-state index in [0.29, 0.717) is 0 Å². The summed E-state index contributed by atoms with van der Waals surface area (Å²) in [7, 11) is 0. The molecule has 0 radical (unpaired) electrons. The van der Waals surface area contributed by atoms with Gasteiger partial charge >= 0.3 is 0 Å². The van der Waals surface area contributed by atoms with Gasteiger partial charge in [0.2, 0.25) is 0 Å². The van der Waals surface area contributed by atoms with Crippen molar-refractivity contribution in [3.63, 3.8) is 0 Å². The van der Waals surface area contributed by atoms with Crippen molar-refractivity contribution in [2.24, 2.45) is 4.99 Å². The topological polar surface area (TPSA) is 29.4 Å². The summed E-state index contributed by atoms with van der Waals surface area (Å²) in [5, 5.41) is 0. The second kappa shape index (κ2) is 4.50. The molecule has 0 unspecified atom stereocenters. The van der Waals surface area contributed by atoms with Crippen LogP contribution >= 0.6 is 0 Å². The summed E-state index contributed by atoms with van der Waals surface area (Å²) in [5.41, 5.74) is 4.65. The van der Waals surface area contributed by atoms with Gasteiger partial charge in [0.05, 0.1) is 11.4 Å². The monoisotopic (exact) mass is 225 g/mol. The number of ketones is 1. The first kappa shape index (κ1) is 11.5. The van der Waals surface area contributed by atoms with Crippen LogP contribution in [0.2, 0.25) is 0 Å². The molecule has 1 aliphatic carbocycles. The summed E-state index contributed by atoms with van der Waals surface area (Å²) in [5.74, 6) is 0.0744. The Morgan fingerprint density at radius 1 is 0.882 bits per heavy atom. The highest BCUT2D eigenvalue weighted by molar-refractivity contribution is 6.22. The molecule has 0 atom stereocenters. The average Bonchev–Trinajstić information content (AvgIpc) is 2.29. The molecule has 1 aliphatic rings. The quantitative estimate of drug-likeness (QED) is 0.672. The molecule has 0 heterocycles. The highest BCUT2D eigenvalue weighted by Gasteiger charge is 2.12. The molecule has 2 heteroatoms. The molecule has 0 bridgehead atoms. The number of carbonyl (C=O) groups is 1. The van der Waals surface area contributed by atoms with Gasteiger partial charge in [0.15, 0.2) is 5.78 Å². The summed E-state index contributed by atoms with van der Waals surface area (Å²) in [4.78, 5) is 16.0. The van der Waals surface area contributed by atoms with Crippen LogP contribution in [-0.2, 0) is 4.79 Å². The zero-order valence-electron chi connectivity index (χ0n) is 10.3. The molecule has 2 rings (SSSR count). The third-order valence-electron chi connectivity index (χ3n) is 2.78. The van der Waals surface area contributed by atoms with Crippen molar-refractivity contribution in [1.29, 1.82) is 0 Å². The Labute approximate surface area is 101 Å². The lowest BCUT2D eigenvalue weighted by molar-refractivity contribution is -0.111. The molecule has 0 aromatic heterocycles. The average molecular weight is 225 g/mol. The molecule has 1 aromatic carbocycles. The molecule has 17 heavy (non-hydrogen) atoms. The molecule has 1 aromatic rings. The second-order valence-corrected chi connectivity index (χ2v) is 4.35. The zero-order valence-corrected chi connectivity index (χ0v) is 10.3. The van der Waals surface area contributed by atoms with E-state index in [9.17, 15) is 4.79 Å². The van der Waals surface area contributed by atoms with Crippen LogP contribution in [0.3, 0.4) is 0 Å². The van der Waals surface area contributed by atoms with Gasteiger partial charge in [-0.15, -0.1) is 0 Å². The fourth-order valence-electron chi connectivity index (χ4n) is 1.65. The first-order valence-electron chi connectivity index (χ1n) is 5.63. The Morgan fingerprint density at radius 2 is 1.53 bits per heavy atom. The van der Waals surface area contributed by atoms with Crippen LogP contribution in [0.5, 0.6) is 0 Å². The van der Waals surface area contributed by atoms with Gasteiger partial charge in [-0.25, -0.2) is 4.99 Å². The van der Waals surface area contributed by atoms with E-state index in [4.69, 9.17) is 0 Å². The summed E-state index contributed by atoms with van der Waals surface area (Å²) in [6.07, 6.45) is 3.49. The number of aliphatic imine (C=N–C) groups is 1. The van der Waals surface area contributed by atoms with Crippen molar-refractivity contribution in [1.82, 2.24) is 0 Å². The zero-order chi connectivity index (χ0) is 12.4. The maximum absolute atomic E-state index is 11.4. The van der Waals surface area contributed by atoms with Crippen molar-refractivity contribution in [3.8, 4) is 0 Å². The van der Waals surface area contributed by atoms with Crippen molar-refractivity contribution in [2.75, 3.05) is 0 Å². The third-order valence-corrected chi connectivity index (χ3v) is 2.78. The standard InChI is InChI=1S/C15H15NO/c1-10-4-6-13(7-5-10)16-14-8-12(3)15(17)9-11(14)2/h4-9H,1-3H3/b16-14-. The minimum Gasteiger partial charge on any atom is -0.290 e. The molecule has 2 nitrogen and oxygen atoms in total. The van der Waals surface area contributed by atoms with Gasteiger partial charge in [0.1, 0.15) is 0 Å². The number of benzene rings is 1. The van der Waals surface area contributed by atoms with Gasteiger partial charge in [-0.2, -0.15) is 0 Å². The van der Waals surface area contributed by atoms with Gasteiger partial charge in [0.25, 0.3) is 0 Å². The summed E-state index contributed by atoms with van der Waals surface area (Å²) in [6.45, 7) is 5.77. The molecule has 0 N–H and O–H groups in total. The van der Waals surface area contributed by atoms with Crippen LogP contribution in [0.4, 0.5) is 5.69 Å². The predicted octanol–water partition coefficient (Wildman–Crippen LogP) is 3.54. The fourth-order valence-corrected chi connectivity index (χ4v) is 1.65. The number of allylic oxidation sites excluding steroid dienone is 4. The molecule has 0 saturated carbocycles. The first-order valence-corrected chi connectivity index (χ1v) is 5.63. The van der Waals surface area contributed by atoms with Crippen LogP contribution in [0.15, 0.2) is 52.6 Å². The van der Waals surface area contributed by atoms with E-state index in [1.807, 2.05) is 51.1 Å². The Morgan fingerprint density at radius 3 is 2.18 bits per heavy atom. The number of rotatable bonds is 1. The van der Waals surface area contributed by atoms with Gasteiger partial charge in [0, 0.05) is 0 Å². The van der Waals surface area contributed by atoms with Crippen LogP contribution < -0.4 is 0 Å². The largest absolute Gasteiger partial charge is 0.290 e. The second-order valence-electron chi connectivity index (χ2n) is 4.35. The van der Waals surface area contributed by atoms with Crippen molar-refractivity contribution < 1.29 is 4.79 Å². The third kappa shape index (κ3) is 2.59.